The number of nitrogens with one attached hydrogen (secondary N) is 1. The highest BCUT2D eigenvalue weighted by Crippen LogP contribution is 2.26. The van der Waals surface area contributed by atoms with E-state index in [1.54, 1.807) is 20.8 Å². The molecule has 2 aromatic rings. The molecule has 0 fully saturated rings. The summed E-state index contributed by atoms with van der Waals surface area (Å²) >= 11 is 1.39. The van der Waals surface area contributed by atoms with Crippen LogP contribution < -0.4 is 5.32 Å². The van der Waals surface area contributed by atoms with Gasteiger partial charge in [-0.2, -0.15) is 5.10 Å². The van der Waals surface area contributed by atoms with Crippen LogP contribution in [0.5, 0.6) is 0 Å². The molecule has 0 bridgehead atoms. The first-order chi connectivity index (χ1) is 10.2. The number of carbonyl (C=O) groups is 1. The molecule has 1 amide bonds. The maximum Gasteiger partial charge on any atom is 0.312 e. The first-order valence-corrected chi connectivity index (χ1v) is 7.49. The molecule has 0 aromatic carbocycles. The molecule has 22 heavy (non-hydrogen) atoms. The van der Waals surface area contributed by atoms with Crippen molar-refractivity contribution in [1.82, 2.24) is 14.8 Å². The molecule has 0 aliphatic heterocycles. The van der Waals surface area contributed by atoms with Crippen LogP contribution in [0.25, 0.3) is 0 Å². The SMILES string of the molecule is Cc1nc(NC(=O)C(C)n2nc(C)c([N+](=O)[O-])c2C)sc1C. The summed E-state index contributed by atoms with van der Waals surface area (Å²) in [5, 5.41) is 18.4. The molecule has 0 spiro atoms. The zero-order valence-corrected chi connectivity index (χ0v) is 13.8. The van der Waals surface area contributed by atoms with Gasteiger partial charge in [-0.15, -0.1) is 11.3 Å². The van der Waals surface area contributed by atoms with E-state index in [0.717, 1.165) is 10.6 Å². The fourth-order valence-corrected chi connectivity index (χ4v) is 2.96. The van der Waals surface area contributed by atoms with Crippen molar-refractivity contribution < 1.29 is 9.72 Å². The molecule has 9 heteroatoms. The second-order valence-corrected chi connectivity index (χ2v) is 6.25. The summed E-state index contributed by atoms with van der Waals surface area (Å²) in [6, 6.07) is -0.670. The van der Waals surface area contributed by atoms with Crippen molar-refractivity contribution in [3.8, 4) is 0 Å². The highest BCUT2D eigenvalue weighted by atomic mass is 32.1. The third-order valence-electron chi connectivity index (χ3n) is 3.47. The third kappa shape index (κ3) is 2.84. The van der Waals surface area contributed by atoms with Crippen molar-refractivity contribution in [3.05, 3.63) is 32.1 Å². The summed E-state index contributed by atoms with van der Waals surface area (Å²) in [5.74, 6) is -0.311. The molecule has 8 nitrogen and oxygen atoms in total. The van der Waals surface area contributed by atoms with Gasteiger partial charge in [0.25, 0.3) is 5.91 Å². The van der Waals surface area contributed by atoms with Crippen LogP contribution in [0.2, 0.25) is 0 Å². The summed E-state index contributed by atoms with van der Waals surface area (Å²) < 4.78 is 1.37. The monoisotopic (exact) mass is 323 g/mol. The number of anilines is 1. The number of nitro groups is 1. The van der Waals surface area contributed by atoms with Gasteiger partial charge in [0, 0.05) is 4.88 Å². The third-order valence-corrected chi connectivity index (χ3v) is 4.46. The van der Waals surface area contributed by atoms with Gasteiger partial charge in [-0.25, -0.2) is 4.98 Å². The Balaban J connectivity index is 2.24. The quantitative estimate of drug-likeness (QED) is 0.688. The minimum absolute atomic E-state index is 0.0550. The molecule has 118 valence electrons. The Labute approximate surface area is 131 Å². The zero-order chi connectivity index (χ0) is 16.6. The highest BCUT2D eigenvalue weighted by molar-refractivity contribution is 7.15. The molecular weight excluding hydrogens is 306 g/mol. The summed E-state index contributed by atoms with van der Waals surface area (Å²) in [5.41, 5.74) is 1.47. The van der Waals surface area contributed by atoms with Crippen molar-refractivity contribution in [2.45, 2.75) is 40.7 Å². The molecule has 2 rings (SSSR count). The number of rotatable bonds is 4. The first-order valence-electron chi connectivity index (χ1n) is 6.67. The molecule has 2 heterocycles. The molecule has 1 N–H and O–H groups in total. The molecule has 1 atom stereocenters. The number of nitrogens with zero attached hydrogens (tertiary/aromatic N) is 4. The number of amides is 1. The van der Waals surface area contributed by atoms with E-state index in [-0.39, 0.29) is 11.6 Å². The summed E-state index contributed by atoms with van der Waals surface area (Å²) in [6.45, 7) is 8.58. The summed E-state index contributed by atoms with van der Waals surface area (Å²) in [4.78, 5) is 28.1. The Morgan fingerprint density at radius 2 is 1.95 bits per heavy atom. The van der Waals surface area contributed by atoms with Crippen LogP contribution in [0, 0.1) is 37.8 Å². The molecule has 2 aromatic heterocycles. The van der Waals surface area contributed by atoms with Crippen molar-refractivity contribution >= 4 is 28.1 Å². The molecule has 1 unspecified atom stereocenters. The lowest BCUT2D eigenvalue weighted by Gasteiger charge is -2.12. The van der Waals surface area contributed by atoms with Crippen molar-refractivity contribution in [1.29, 1.82) is 0 Å². The molecule has 0 aliphatic carbocycles. The topological polar surface area (TPSA) is 103 Å². The first kappa shape index (κ1) is 16.1. The fourth-order valence-electron chi connectivity index (χ4n) is 2.14. The smallest absolute Gasteiger partial charge is 0.300 e. The number of aromatic nitrogens is 3. The molecular formula is C13H17N5O3S. The van der Waals surface area contributed by atoms with E-state index >= 15 is 0 Å². The Morgan fingerprint density at radius 1 is 1.32 bits per heavy atom. The Morgan fingerprint density at radius 3 is 2.41 bits per heavy atom. The Kier molecular flexibility index (Phi) is 4.27. The number of aryl methyl sites for hydroxylation is 3. The van der Waals surface area contributed by atoms with Crippen molar-refractivity contribution in [3.63, 3.8) is 0 Å². The van der Waals surface area contributed by atoms with Gasteiger partial charge >= 0.3 is 5.69 Å². The predicted molar refractivity (Wildman–Crippen MR) is 83.3 cm³/mol. The zero-order valence-electron chi connectivity index (χ0n) is 13.0. The van der Waals surface area contributed by atoms with Crippen LogP contribution >= 0.6 is 11.3 Å². The van der Waals surface area contributed by atoms with E-state index in [0.29, 0.717) is 16.5 Å². The van der Waals surface area contributed by atoms with Gasteiger partial charge in [-0.1, -0.05) is 0 Å². The lowest BCUT2D eigenvalue weighted by Crippen LogP contribution is -2.25. The minimum Gasteiger partial charge on any atom is -0.300 e. The van der Waals surface area contributed by atoms with Crippen LogP contribution in [0.3, 0.4) is 0 Å². The minimum atomic E-state index is -0.670. The normalized spacial score (nSPS) is 12.2. The van der Waals surface area contributed by atoms with Crippen molar-refractivity contribution in [2.75, 3.05) is 5.32 Å². The van der Waals surface area contributed by atoms with Gasteiger partial charge in [-0.05, 0) is 34.6 Å². The number of carbonyl (C=O) groups excluding carboxylic acids is 1. The van der Waals surface area contributed by atoms with E-state index in [1.807, 2.05) is 13.8 Å². The maximum absolute atomic E-state index is 12.3. The van der Waals surface area contributed by atoms with Crippen molar-refractivity contribution in [2.24, 2.45) is 0 Å². The van der Waals surface area contributed by atoms with E-state index in [9.17, 15) is 14.9 Å². The lowest BCUT2D eigenvalue weighted by atomic mass is 10.3. The summed E-state index contributed by atoms with van der Waals surface area (Å²) in [6.07, 6.45) is 0. The molecule has 0 aliphatic rings. The van der Waals surface area contributed by atoms with Gasteiger partial charge < -0.3 is 5.32 Å². The number of hydrogen-bond donors (Lipinski definition) is 1. The predicted octanol–water partition coefficient (Wildman–Crippen LogP) is 2.68. The van der Waals surface area contributed by atoms with Crippen LogP contribution in [-0.4, -0.2) is 25.6 Å². The van der Waals surface area contributed by atoms with Gasteiger partial charge in [0.15, 0.2) is 5.13 Å². The van der Waals surface area contributed by atoms with Gasteiger partial charge in [0.05, 0.1) is 10.6 Å². The maximum atomic E-state index is 12.3. The molecule has 0 saturated heterocycles. The molecule has 0 radical (unpaired) electrons. The van der Waals surface area contributed by atoms with E-state index in [2.05, 4.69) is 15.4 Å². The van der Waals surface area contributed by atoms with E-state index < -0.39 is 11.0 Å². The van der Waals surface area contributed by atoms with Crippen LogP contribution in [0.1, 0.15) is 34.9 Å². The number of hydrogen-bond acceptors (Lipinski definition) is 6. The molecule has 0 saturated carbocycles. The van der Waals surface area contributed by atoms with Crippen LogP contribution in [0.4, 0.5) is 10.8 Å². The largest absolute Gasteiger partial charge is 0.312 e. The second-order valence-electron chi connectivity index (χ2n) is 5.05. The Bertz CT molecular complexity index is 730. The second kappa shape index (κ2) is 5.84. The van der Waals surface area contributed by atoms with Crippen LogP contribution in [-0.2, 0) is 4.79 Å². The summed E-state index contributed by atoms with van der Waals surface area (Å²) in [7, 11) is 0. The fraction of sp³-hybridized carbons (Fsp3) is 0.462. The average molecular weight is 323 g/mol. The van der Waals surface area contributed by atoms with Gasteiger partial charge in [0.2, 0.25) is 0 Å². The van der Waals surface area contributed by atoms with E-state index in [4.69, 9.17) is 0 Å². The average Bonchev–Trinajstić information content (AvgIpc) is 2.88. The highest BCUT2D eigenvalue weighted by Gasteiger charge is 2.27. The lowest BCUT2D eigenvalue weighted by molar-refractivity contribution is -0.386. The van der Waals surface area contributed by atoms with Gasteiger partial charge in [0.1, 0.15) is 17.4 Å². The van der Waals surface area contributed by atoms with Crippen LogP contribution in [0.15, 0.2) is 0 Å². The number of thiazole rings is 1. The van der Waals surface area contributed by atoms with E-state index in [1.165, 1.54) is 16.0 Å². The Hall–Kier alpha value is -2.29. The van der Waals surface area contributed by atoms with Gasteiger partial charge in [-0.3, -0.25) is 19.6 Å². The standard InChI is InChI=1S/C13H17N5O3S/c1-6-10(5)22-13(14-6)15-12(19)9(4)17-8(3)11(18(20)21)7(2)16-17/h9H,1-5H3,(H,14,15,19).